The average molecular weight is 329 g/mol. The van der Waals surface area contributed by atoms with Crippen molar-refractivity contribution in [2.24, 2.45) is 5.41 Å². The molecular formula is C16H16FN5O2. The van der Waals surface area contributed by atoms with Crippen LogP contribution in [0, 0.1) is 11.2 Å². The Balaban J connectivity index is 2.04. The second kappa shape index (κ2) is 5.55. The van der Waals surface area contributed by atoms with Crippen molar-refractivity contribution in [3.8, 4) is 5.69 Å². The molecule has 124 valence electrons. The molecule has 0 atom stereocenters. The number of benzene rings is 1. The van der Waals surface area contributed by atoms with E-state index in [2.05, 4.69) is 15.5 Å². The van der Waals surface area contributed by atoms with Crippen LogP contribution in [-0.2, 0) is 4.79 Å². The van der Waals surface area contributed by atoms with Gasteiger partial charge in [0.25, 0.3) is 5.56 Å². The van der Waals surface area contributed by atoms with E-state index >= 15 is 0 Å². The summed E-state index contributed by atoms with van der Waals surface area (Å²) in [5.41, 5.74) is 2.34. The van der Waals surface area contributed by atoms with Gasteiger partial charge in [0.1, 0.15) is 17.5 Å². The number of hydrogen-bond acceptors (Lipinski definition) is 4. The molecule has 0 aliphatic rings. The minimum absolute atomic E-state index is 0.246. The lowest BCUT2D eigenvalue weighted by Crippen LogP contribution is -2.39. The number of halogens is 1. The van der Waals surface area contributed by atoms with Crippen molar-refractivity contribution in [3.63, 3.8) is 0 Å². The maximum atomic E-state index is 13.0. The molecule has 0 unspecified atom stereocenters. The first-order chi connectivity index (χ1) is 11.3. The fraction of sp³-hybridized carbons (Fsp3) is 0.250. The van der Waals surface area contributed by atoms with E-state index in [4.69, 9.17) is 0 Å². The van der Waals surface area contributed by atoms with Crippen LogP contribution in [0.15, 0.2) is 41.6 Å². The van der Waals surface area contributed by atoms with Crippen LogP contribution in [0.2, 0.25) is 0 Å². The summed E-state index contributed by atoms with van der Waals surface area (Å²) in [7, 11) is 0. The molecule has 0 radical (unpaired) electrons. The van der Waals surface area contributed by atoms with Crippen molar-refractivity contribution in [2.45, 2.75) is 20.8 Å². The second-order valence-electron chi connectivity index (χ2n) is 6.38. The van der Waals surface area contributed by atoms with Crippen molar-refractivity contribution in [1.82, 2.24) is 19.4 Å². The van der Waals surface area contributed by atoms with Gasteiger partial charge in [-0.3, -0.25) is 15.0 Å². The van der Waals surface area contributed by atoms with E-state index in [1.165, 1.54) is 41.5 Å². The number of nitrogens with one attached hydrogen (secondary N) is 1. The molecule has 2 aromatic heterocycles. The molecular weight excluding hydrogens is 313 g/mol. The first kappa shape index (κ1) is 15.9. The zero-order valence-corrected chi connectivity index (χ0v) is 13.4. The highest BCUT2D eigenvalue weighted by Gasteiger charge is 2.22. The molecule has 1 aromatic carbocycles. The molecule has 0 aliphatic heterocycles. The van der Waals surface area contributed by atoms with Gasteiger partial charge in [0, 0.05) is 5.41 Å². The Morgan fingerprint density at radius 1 is 1.21 bits per heavy atom. The largest absolute Gasteiger partial charge is 0.283 e. The van der Waals surface area contributed by atoms with Gasteiger partial charge in [0.05, 0.1) is 11.9 Å². The standard InChI is InChI=1S/C16H16FN5O2/c1-16(2,3)15(24)20-21-9-18-13-12(14(21)23)8-19-22(13)11-6-4-10(17)5-7-11/h4-9H,1-3H3,(H,20,24). The fourth-order valence-corrected chi connectivity index (χ4v) is 2.04. The van der Waals surface area contributed by atoms with Crippen molar-refractivity contribution in [2.75, 3.05) is 5.43 Å². The molecule has 3 aromatic rings. The maximum Gasteiger partial charge on any atom is 0.283 e. The topological polar surface area (TPSA) is 81.8 Å². The molecule has 0 saturated heterocycles. The van der Waals surface area contributed by atoms with Crippen molar-refractivity contribution >= 4 is 16.9 Å². The zero-order chi connectivity index (χ0) is 17.5. The minimum Gasteiger partial charge on any atom is -0.273 e. The first-order valence-electron chi connectivity index (χ1n) is 7.30. The Labute approximate surface area is 136 Å². The summed E-state index contributed by atoms with van der Waals surface area (Å²) in [5.74, 6) is -0.674. The Morgan fingerprint density at radius 3 is 2.50 bits per heavy atom. The monoisotopic (exact) mass is 329 g/mol. The van der Waals surface area contributed by atoms with Crippen molar-refractivity contribution in [3.05, 3.63) is 53.0 Å². The van der Waals surface area contributed by atoms with E-state index in [1.54, 1.807) is 20.8 Å². The number of fused-ring (bicyclic) bond motifs is 1. The minimum atomic E-state index is -0.646. The SMILES string of the molecule is CC(C)(C)C(=O)Nn1cnc2c(cnn2-c2ccc(F)cc2)c1=O. The second-order valence-corrected chi connectivity index (χ2v) is 6.38. The first-order valence-corrected chi connectivity index (χ1v) is 7.30. The van der Waals surface area contributed by atoms with E-state index in [0.29, 0.717) is 11.3 Å². The molecule has 7 nitrogen and oxygen atoms in total. The van der Waals surface area contributed by atoms with Gasteiger partial charge in [-0.2, -0.15) is 5.10 Å². The Hall–Kier alpha value is -3.03. The number of carbonyl (C=O) groups excluding carboxylic acids is 1. The summed E-state index contributed by atoms with van der Waals surface area (Å²) in [6.07, 6.45) is 2.60. The third-order valence-corrected chi connectivity index (χ3v) is 3.46. The summed E-state index contributed by atoms with van der Waals surface area (Å²) < 4.78 is 15.5. The third kappa shape index (κ3) is 2.78. The maximum absolute atomic E-state index is 13.0. The fourth-order valence-electron chi connectivity index (χ4n) is 2.04. The number of nitrogens with zero attached hydrogens (tertiary/aromatic N) is 4. The summed E-state index contributed by atoms with van der Waals surface area (Å²) in [6.45, 7) is 5.23. The average Bonchev–Trinajstić information content (AvgIpc) is 2.94. The number of amides is 1. The van der Waals surface area contributed by atoms with Gasteiger partial charge in [-0.05, 0) is 24.3 Å². The molecule has 0 bridgehead atoms. The molecule has 0 saturated carbocycles. The highest BCUT2D eigenvalue weighted by molar-refractivity contribution is 5.88. The molecule has 2 heterocycles. The molecule has 1 amide bonds. The van der Waals surface area contributed by atoms with E-state index in [0.717, 1.165) is 4.68 Å². The van der Waals surface area contributed by atoms with Crippen LogP contribution >= 0.6 is 0 Å². The van der Waals surface area contributed by atoms with Gasteiger partial charge in [-0.1, -0.05) is 20.8 Å². The van der Waals surface area contributed by atoms with Crippen LogP contribution in [0.5, 0.6) is 0 Å². The summed E-state index contributed by atoms with van der Waals surface area (Å²) in [6, 6.07) is 5.67. The van der Waals surface area contributed by atoms with Gasteiger partial charge in [-0.15, -0.1) is 0 Å². The summed E-state index contributed by atoms with van der Waals surface area (Å²) in [5, 5.41) is 4.38. The van der Waals surface area contributed by atoms with E-state index in [9.17, 15) is 14.0 Å². The van der Waals surface area contributed by atoms with Crippen LogP contribution in [0.3, 0.4) is 0 Å². The lowest BCUT2D eigenvalue weighted by atomic mass is 9.96. The number of rotatable bonds is 2. The van der Waals surface area contributed by atoms with Crippen LogP contribution in [0.25, 0.3) is 16.7 Å². The highest BCUT2D eigenvalue weighted by atomic mass is 19.1. The van der Waals surface area contributed by atoms with Crippen molar-refractivity contribution in [1.29, 1.82) is 0 Å². The third-order valence-electron chi connectivity index (χ3n) is 3.46. The van der Waals surface area contributed by atoms with E-state index < -0.39 is 11.0 Å². The normalized spacial score (nSPS) is 11.7. The highest BCUT2D eigenvalue weighted by Crippen LogP contribution is 2.15. The van der Waals surface area contributed by atoms with Crippen LogP contribution in [0.4, 0.5) is 4.39 Å². The van der Waals surface area contributed by atoms with Gasteiger partial charge < -0.3 is 0 Å². The number of hydrogen-bond donors (Lipinski definition) is 1. The predicted molar refractivity (Wildman–Crippen MR) is 86.9 cm³/mol. The molecule has 0 spiro atoms. The van der Waals surface area contributed by atoms with Crippen LogP contribution < -0.4 is 11.0 Å². The van der Waals surface area contributed by atoms with Crippen molar-refractivity contribution < 1.29 is 9.18 Å². The van der Waals surface area contributed by atoms with Crippen LogP contribution in [-0.4, -0.2) is 25.3 Å². The predicted octanol–water partition coefficient (Wildman–Crippen LogP) is 1.84. The van der Waals surface area contributed by atoms with Gasteiger partial charge in [0.15, 0.2) is 5.65 Å². The molecule has 24 heavy (non-hydrogen) atoms. The Bertz CT molecular complexity index is 967. The molecule has 0 fully saturated rings. The molecule has 1 N–H and O–H groups in total. The van der Waals surface area contributed by atoms with Gasteiger partial charge >= 0.3 is 0 Å². The van der Waals surface area contributed by atoms with Crippen LogP contribution in [0.1, 0.15) is 20.8 Å². The molecule has 8 heteroatoms. The lowest BCUT2D eigenvalue weighted by molar-refractivity contribution is -0.124. The molecule has 3 rings (SSSR count). The lowest BCUT2D eigenvalue weighted by Gasteiger charge is -2.18. The Morgan fingerprint density at radius 2 is 1.88 bits per heavy atom. The number of carbonyl (C=O) groups is 1. The van der Waals surface area contributed by atoms with Gasteiger partial charge in [-0.25, -0.2) is 18.7 Å². The molecule has 0 aliphatic carbocycles. The van der Waals surface area contributed by atoms with Gasteiger partial charge in [0.2, 0.25) is 5.91 Å². The smallest absolute Gasteiger partial charge is 0.273 e. The quantitative estimate of drug-likeness (QED) is 0.778. The summed E-state index contributed by atoms with van der Waals surface area (Å²) >= 11 is 0. The Kier molecular flexibility index (Phi) is 3.67. The van der Waals surface area contributed by atoms with E-state index in [1.807, 2.05) is 0 Å². The zero-order valence-electron chi connectivity index (χ0n) is 13.4. The summed E-state index contributed by atoms with van der Waals surface area (Å²) in [4.78, 5) is 28.7. The van der Waals surface area contributed by atoms with E-state index in [-0.39, 0.29) is 17.1 Å². The number of aromatic nitrogens is 4.